The van der Waals surface area contributed by atoms with E-state index in [0.717, 1.165) is 10.2 Å². The molecule has 0 spiro atoms. The number of aryl methyl sites for hydroxylation is 2. The average Bonchev–Trinajstić information content (AvgIpc) is 2.42. The molecule has 0 unspecified atom stereocenters. The van der Waals surface area contributed by atoms with Gasteiger partial charge in [0.15, 0.2) is 0 Å². The van der Waals surface area contributed by atoms with Crippen molar-refractivity contribution in [3.8, 4) is 0 Å². The number of benzene rings is 1. The van der Waals surface area contributed by atoms with Crippen molar-refractivity contribution in [2.75, 3.05) is 7.05 Å². The maximum atomic E-state index is 12.3. The van der Waals surface area contributed by atoms with Gasteiger partial charge in [0.2, 0.25) is 0 Å². The Kier molecular flexibility index (Phi) is 4.55. The first-order chi connectivity index (χ1) is 9.47. The van der Waals surface area contributed by atoms with E-state index in [-0.39, 0.29) is 5.91 Å². The zero-order valence-electron chi connectivity index (χ0n) is 11.9. The lowest BCUT2D eigenvalue weighted by Crippen LogP contribution is -2.26. The number of carbonyl (C=O) groups is 1. The molecule has 104 valence electrons. The number of carbonyl (C=O) groups excluding carboxylic acids is 1. The lowest BCUT2D eigenvalue weighted by Gasteiger charge is -2.18. The summed E-state index contributed by atoms with van der Waals surface area (Å²) in [4.78, 5) is 18.1. The summed E-state index contributed by atoms with van der Waals surface area (Å²) in [6.07, 6.45) is 1.59. The number of halogens is 1. The third-order valence-corrected chi connectivity index (χ3v) is 3.70. The fourth-order valence-corrected chi connectivity index (χ4v) is 2.31. The van der Waals surface area contributed by atoms with Gasteiger partial charge in [-0.25, -0.2) is 4.98 Å². The molecule has 20 heavy (non-hydrogen) atoms. The largest absolute Gasteiger partial charge is 0.337 e. The Bertz CT molecular complexity index is 623. The summed E-state index contributed by atoms with van der Waals surface area (Å²) < 4.78 is 0.728. The Balaban J connectivity index is 2.13. The van der Waals surface area contributed by atoms with E-state index in [1.807, 2.05) is 7.05 Å². The van der Waals surface area contributed by atoms with Crippen molar-refractivity contribution in [2.45, 2.75) is 20.4 Å². The van der Waals surface area contributed by atoms with Gasteiger partial charge in [-0.1, -0.05) is 23.8 Å². The van der Waals surface area contributed by atoms with Crippen LogP contribution in [0.15, 0.2) is 41.1 Å². The van der Waals surface area contributed by atoms with Gasteiger partial charge in [-0.15, -0.1) is 0 Å². The molecule has 2 rings (SSSR count). The van der Waals surface area contributed by atoms with Gasteiger partial charge in [-0.05, 0) is 53.0 Å². The van der Waals surface area contributed by atoms with E-state index >= 15 is 0 Å². The summed E-state index contributed by atoms with van der Waals surface area (Å²) in [7, 11) is 1.81. The third kappa shape index (κ3) is 3.45. The minimum atomic E-state index is -0.0232. The first-order valence-corrected chi connectivity index (χ1v) is 7.20. The minimum Gasteiger partial charge on any atom is -0.337 e. The first-order valence-electron chi connectivity index (χ1n) is 6.40. The highest BCUT2D eigenvalue weighted by molar-refractivity contribution is 9.10. The Labute approximate surface area is 127 Å². The maximum Gasteiger partial charge on any atom is 0.255 e. The second-order valence-electron chi connectivity index (χ2n) is 4.96. The molecule has 3 nitrogen and oxygen atoms in total. The van der Waals surface area contributed by atoms with Gasteiger partial charge in [-0.2, -0.15) is 0 Å². The normalized spacial score (nSPS) is 10.4. The lowest BCUT2D eigenvalue weighted by molar-refractivity contribution is 0.0784. The van der Waals surface area contributed by atoms with Crippen LogP contribution < -0.4 is 0 Å². The quantitative estimate of drug-likeness (QED) is 0.802. The van der Waals surface area contributed by atoms with Gasteiger partial charge in [0.05, 0.1) is 5.56 Å². The van der Waals surface area contributed by atoms with E-state index in [2.05, 4.69) is 53.0 Å². The molecule has 4 heteroatoms. The SMILES string of the molecule is Cc1ccc(CN(C)C(=O)c2ccc(Br)nc2)c(C)c1. The molecule has 1 amide bonds. The van der Waals surface area contributed by atoms with Crippen LogP contribution in [0, 0.1) is 13.8 Å². The molecule has 1 aromatic heterocycles. The summed E-state index contributed by atoms with van der Waals surface area (Å²) in [6, 6.07) is 9.83. The second kappa shape index (κ2) is 6.18. The number of hydrogen-bond acceptors (Lipinski definition) is 2. The molecule has 0 atom stereocenters. The molecule has 0 saturated heterocycles. The van der Waals surface area contributed by atoms with Crippen LogP contribution in [-0.2, 0) is 6.54 Å². The van der Waals surface area contributed by atoms with Crippen LogP contribution in [0.4, 0.5) is 0 Å². The molecule has 0 radical (unpaired) electrons. The van der Waals surface area contributed by atoms with Crippen molar-refractivity contribution in [1.82, 2.24) is 9.88 Å². The lowest BCUT2D eigenvalue weighted by atomic mass is 10.1. The van der Waals surface area contributed by atoms with Crippen molar-refractivity contribution in [3.63, 3.8) is 0 Å². The van der Waals surface area contributed by atoms with Crippen LogP contribution in [0.5, 0.6) is 0 Å². The van der Waals surface area contributed by atoms with Crippen LogP contribution in [0.3, 0.4) is 0 Å². The van der Waals surface area contributed by atoms with Crippen LogP contribution in [0.25, 0.3) is 0 Å². The average molecular weight is 333 g/mol. The molecule has 0 N–H and O–H groups in total. The van der Waals surface area contributed by atoms with Gasteiger partial charge >= 0.3 is 0 Å². The monoisotopic (exact) mass is 332 g/mol. The Morgan fingerprint density at radius 2 is 2.00 bits per heavy atom. The number of nitrogens with zero attached hydrogens (tertiary/aromatic N) is 2. The van der Waals surface area contributed by atoms with Crippen LogP contribution in [0.2, 0.25) is 0 Å². The molecule has 1 aromatic carbocycles. The number of rotatable bonds is 3. The van der Waals surface area contributed by atoms with Crippen molar-refractivity contribution in [2.24, 2.45) is 0 Å². The van der Waals surface area contributed by atoms with E-state index in [0.29, 0.717) is 12.1 Å². The summed E-state index contributed by atoms with van der Waals surface area (Å²) in [5.74, 6) is -0.0232. The Hall–Kier alpha value is -1.68. The van der Waals surface area contributed by atoms with E-state index in [1.165, 1.54) is 11.1 Å². The highest BCUT2D eigenvalue weighted by Gasteiger charge is 2.13. The molecule has 0 aliphatic rings. The highest BCUT2D eigenvalue weighted by Crippen LogP contribution is 2.14. The van der Waals surface area contributed by atoms with Crippen molar-refractivity contribution < 1.29 is 4.79 Å². The van der Waals surface area contributed by atoms with Crippen molar-refractivity contribution in [1.29, 1.82) is 0 Å². The summed E-state index contributed by atoms with van der Waals surface area (Å²) >= 11 is 3.27. The molecule has 1 heterocycles. The number of aromatic nitrogens is 1. The molecule has 0 saturated carbocycles. The molecule has 0 bridgehead atoms. The van der Waals surface area contributed by atoms with Crippen LogP contribution in [0.1, 0.15) is 27.0 Å². The summed E-state index contributed by atoms with van der Waals surface area (Å²) in [5, 5.41) is 0. The first kappa shape index (κ1) is 14.7. The predicted molar refractivity (Wildman–Crippen MR) is 83.7 cm³/mol. The summed E-state index contributed by atoms with van der Waals surface area (Å²) in [6.45, 7) is 4.74. The Morgan fingerprint density at radius 1 is 1.25 bits per heavy atom. The third-order valence-electron chi connectivity index (χ3n) is 3.23. The van der Waals surface area contributed by atoms with E-state index in [4.69, 9.17) is 0 Å². The van der Waals surface area contributed by atoms with E-state index < -0.39 is 0 Å². The van der Waals surface area contributed by atoms with E-state index in [1.54, 1.807) is 23.2 Å². The van der Waals surface area contributed by atoms with Gasteiger partial charge in [-0.3, -0.25) is 4.79 Å². The number of amides is 1. The second-order valence-corrected chi connectivity index (χ2v) is 5.77. The van der Waals surface area contributed by atoms with Gasteiger partial charge in [0.25, 0.3) is 5.91 Å². The van der Waals surface area contributed by atoms with E-state index in [9.17, 15) is 4.79 Å². The molecule has 0 fully saturated rings. The molecule has 2 aromatic rings. The maximum absolute atomic E-state index is 12.3. The van der Waals surface area contributed by atoms with Gasteiger partial charge in [0, 0.05) is 19.8 Å². The topological polar surface area (TPSA) is 33.2 Å². The van der Waals surface area contributed by atoms with Gasteiger partial charge < -0.3 is 4.90 Å². The molecule has 0 aliphatic carbocycles. The smallest absolute Gasteiger partial charge is 0.255 e. The molecular formula is C16H17BrN2O. The standard InChI is InChI=1S/C16H17BrN2O/c1-11-4-5-14(12(2)8-11)10-19(3)16(20)13-6-7-15(17)18-9-13/h4-9H,10H2,1-3H3. The Morgan fingerprint density at radius 3 is 2.60 bits per heavy atom. The minimum absolute atomic E-state index is 0.0232. The number of hydrogen-bond donors (Lipinski definition) is 0. The fourth-order valence-electron chi connectivity index (χ4n) is 2.07. The van der Waals surface area contributed by atoms with Gasteiger partial charge in [0.1, 0.15) is 4.60 Å². The van der Waals surface area contributed by atoms with Crippen molar-refractivity contribution >= 4 is 21.8 Å². The van der Waals surface area contributed by atoms with Crippen molar-refractivity contribution in [3.05, 3.63) is 63.4 Å². The van der Waals surface area contributed by atoms with Crippen LogP contribution >= 0.6 is 15.9 Å². The number of pyridine rings is 1. The van der Waals surface area contributed by atoms with Crippen LogP contribution in [-0.4, -0.2) is 22.8 Å². The summed E-state index contributed by atoms with van der Waals surface area (Å²) in [5.41, 5.74) is 4.20. The molecule has 0 aliphatic heterocycles. The zero-order chi connectivity index (χ0) is 14.7. The zero-order valence-corrected chi connectivity index (χ0v) is 13.4. The fraction of sp³-hybridized carbons (Fsp3) is 0.250. The highest BCUT2D eigenvalue weighted by atomic mass is 79.9. The molecular weight excluding hydrogens is 316 g/mol. The predicted octanol–water partition coefficient (Wildman–Crippen LogP) is 3.73.